The zero-order valence-corrected chi connectivity index (χ0v) is 17.9. The average Bonchev–Trinajstić information content (AvgIpc) is 3.29. The summed E-state index contributed by atoms with van der Waals surface area (Å²) in [4.78, 5) is 14.7. The molecule has 1 saturated heterocycles. The van der Waals surface area contributed by atoms with E-state index in [2.05, 4.69) is 25.2 Å². The lowest BCUT2D eigenvalue weighted by molar-refractivity contribution is -0.274. The molecule has 2 aromatic carbocycles. The number of carbonyl (C=O) groups excluding carboxylic acids is 1. The highest BCUT2D eigenvalue weighted by Crippen LogP contribution is 2.26. The fourth-order valence-corrected chi connectivity index (χ4v) is 3.77. The Labute approximate surface area is 188 Å². The van der Waals surface area contributed by atoms with Gasteiger partial charge < -0.3 is 19.7 Å². The number of benzene rings is 2. The van der Waals surface area contributed by atoms with E-state index in [1.807, 2.05) is 30.3 Å². The van der Waals surface area contributed by atoms with Crippen LogP contribution in [0.2, 0.25) is 0 Å². The van der Waals surface area contributed by atoms with Crippen LogP contribution >= 0.6 is 0 Å². The quantitative estimate of drug-likeness (QED) is 0.571. The highest BCUT2D eigenvalue weighted by Gasteiger charge is 2.31. The fraction of sp³-hybridized carbons (Fsp3) is 0.304. The molecule has 1 amide bonds. The summed E-state index contributed by atoms with van der Waals surface area (Å²) in [7, 11) is 1.62. The fourth-order valence-electron chi connectivity index (χ4n) is 3.77. The van der Waals surface area contributed by atoms with Crippen molar-refractivity contribution in [3.05, 3.63) is 60.2 Å². The molecular formula is C23H23F3N4O3. The van der Waals surface area contributed by atoms with Crippen LogP contribution in [0.5, 0.6) is 11.5 Å². The van der Waals surface area contributed by atoms with Gasteiger partial charge in [-0.25, -0.2) is 0 Å². The molecule has 0 radical (unpaired) electrons. The molecule has 0 saturated carbocycles. The van der Waals surface area contributed by atoms with E-state index in [-0.39, 0.29) is 23.3 Å². The smallest absolute Gasteiger partial charge is 0.497 e. The van der Waals surface area contributed by atoms with Gasteiger partial charge in [-0.2, -0.15) is 5.10 Å². The molecule has 1 fully saturated rings. The van der Waals surface area contributed by atoms with Crippen molar-refractivity contribution < 1.29 is 27.4 Å². The number of nitrogens with zero attached hydrogens (tertiary/aromatic N) is 2. The van der Waals surface area contributed by atoms with E-state index in [1.54, 1.807) is 7.11 Å². The lowest BCUT2D eigenvalue weighted by atomic mass is 10.0. The van der Waals surface area contributed by atoms with E-state index in [9.17, 15) is 18.0 Å². The number of anilines is 1. The van der Waals surface area contributed by atoms with E-state index >= 15 is 0 Å². The summed E-state index contributed by atoms with van der Waals surface area (Å²) in [5.41, 5.74) is 2.12. The van der Waals surface area contributed by atoms with Crippen LogP contribution in [-0.4, -0.2) is 48.7 Å². The summed E-state index contributed by atoms with van der Waals surface area (Å²) in [6.45, 7) is 1.39. The Morgan fingerprint density at radius 2 is 1.82 bits per heavy atom. The number of halogens is 3. The number of carbonyl (C=O) groups is 1. The van der Waals surface area contributed by atoms with Gasteiger partial charge in [0.25, 0.3) is 5.91 Å². The molecule has 1 aromatic heterocycles. The molecule has 174 valence electrons. The molecule has 0 spiro atoms. The molecule has 1 atom stereocenters. The topological polar surface area (TPSA) is 79.5 Å². The lowest BCUT2D eigenvalue weighted by Crippen LogP contribution is -2.48. The van der Waals surface area contributed by atoms with Crippen molar-refractivity contribution in [1.82, 2.24) is 15.5 Å². The SMILES string of the molecule is COc1ccc(-c2cc(N3CCCC(NC(=O)c4ccc(OC(F)(F)F)cc4)C3)n[nH]2)cc1. The first-order valence-electron chi connectivity index (χ1n) is 10.4. The van der Waals surface area contributed by atoms with Crippen LogP contribution in [-0.2, 0) is 0 Å². The number of methoxy groups -OCH3 is 1. The molecule has 4 rings (SSSR count). The van der Waals surface area contributed by atoms with Gasteiger partial charge >= 0.3 is 6.36 Å². The Hall–Kier alpha value is -3.69. The van der Waals surface area contributed by atoms with Crippen molar-refractivity contribution in [3.8, 4) is 22.8 Å². The Bertz CT molecular complexity index is 1080. The van der Waals surface area contributed by atoms with E-state index in [0.29, 0.717) is 6.54 Å². The number of H-pyrrole nitrogens is 1. The van der Waals surface area contributed by atoms with Crippen molar-refractivity contribution in [2.24, 2.45) is 0 Å². The van der Waals surface area contributed by atoms with Crippen molar-refractivity contribution >= 4 is 11.7 Å². The second-order valence-corrected chi connectivity index (χ2v) is 7.70. The predicted molar refractivity (Wildman–Crippen MR) is 116 cm³/mol. The highest BCUT2D eigenvalue weighted by atomic mass is 19.4. The van der Waals surface area contributed by atoms with Gasteiger partial charge in [0.1, 0.15) is 11.5 Å². The Morgan fingerprint density at radius 1 is 1.12 bits per heavy atom. The van der Waals surface area contributed by atoms with Gasteiger partial charge in [0.15, 0.2) is 5.82 Å². The molecule has 0 bridgehead atoms. The number of aromatic amines is 1. The molecule has 2 heterocycles. The summed E-state index contributed by atoms with van der Waals surface area (Å²) < 4.78 is 45.9. The summed E-state index contributed by atoms with van der Waals surface area (Å²) in [5.74, 6) is 0.847. The number of ether oxygens (including phenoxy) is 2. The minimum absolute atomic E-state index is 0.113. The van der Waals surface area contributed by atoms with Crippen molar-refractivity contribution in [2.75, 3.05) is 25.1 Å². The number of amides is 1. The van der Waals surface area contributed by atoms with Crippen LogP contribution in [0.4, 0.5) is 19.0 Å². The van der Waals surface area contributed by atoms with E-state index in [1.165, 1.54) is 12.1 Å². The van der Waals surface area contributed by atoms with Crippen molar-refractivity contribution in [3.63, 3.8) is 0 Å². The molecule has 1 aliphatic rings. The van der Waals surface area contributed by atoms with Gasteiger partial charge in [-0.3, -0.25) is 9.89 Å². The monoisotopic (exact) mass is 460 g/mol. The molecule has 3 aromatic rings. The molecule has 7 nitrogen and oxygen atoms in total. The zero-order valence-electron chi connectivity index (χ0n) is 17.9. The maximum Gasteiger partial charge on any atom is 0.573 e. The van der Waals surface area contributed by atoms with Crippen LogP contribution in [0.3, 0.4) is 0 Å². The molecule has 2 N–H and O–H groups in total. The normalized spacial score (nSPS) is 16.4. The zero-order chi connectivity index (χ0) is 23.4. The van der Waals surface area contributed by atoms with Crippen LogP contribution in [0.15, 0.2) is 54.6 Å². The van der Waals surface area contributed by atoms with Crippen molar-refractivity contribution in [2.45, 2.75) is 25.2 Å². The molecule has 33 heavy (non-hydrogen) atoms. The maximum absolute atomic E-state index is 12.6. The molecule has 1 aliphatic heterocycles. The maximum atomic E-state index is 12.6. The van der Waals surface area contributed by atoms with Crippen molar-refractivity contribution in [1.29, 1.82) is 0 Å². The molecule has 0 aliphatic carbocycles. The number of hydrogen-bond acceptors (Lipinski definition) is 5. The van der Waals surface area contributed by atoms with Gasteiger partial charge in [-0.1, -0.05) is 0 Å². The Kier molecular flexibility index (Phi) is 6.43. The summed E-state index contributed by atoms with van der Waals surface area (Å²) in [5, 5.41) is 10.4. The summed E-state index contributed by atoms with van der Waals surface area (Å²) in [6.07, 6.45) is -3.10. The van der Waals surface area contributed by atoms with Crippen LogP contribution in [0, 0.1) is 0 Å². The van der Waals surface area contributed by atoms with Crippen LogP contribution < -0.4 is 19.7 Å². The Morgan fingerprint density at radius 3 is 2.48 bits per heavy atom. The molecule has 1 unspecified atom stereocenters. The average molecular weight is 460 g/mol. The summed E-state index contributed by atoms with van der Waals surface area (Å²) >= 11 is 0. The predicted octanol–water partition coefficient (Wildman–Crippen LogP) is 4.38. The third-order valence-corrected chi connectivity index (χ3v) is 5.40. The van der Waals surface area contributed by atoms with E-state index in [4.69, 9.17) is 4.74 Å². The minimum atomic E-state index is -4.77. The number of hydrogen-bond donors (Lipinski definition) is 2. The van der Waals surface area contributed by atoms with Gasteiger partial charge in [0, 0.05) is 30.8 Å². The first-order valence-corrected chi connectivity index (χ1v) is 10.4. The van der Waals surface area contributed by atoms with Gasteiger partial charge in [-0.05, 0) is 66.9 Å². The number of alkyl halides is 3. The first kappa shape index (κ1) is 22.5. The van der Waals surface area contributed by atoms with E-state index < -0.39 is 6.36 Å². The number of aromatic nitrogens is 2. The first-order chi connectivity index (χ1) is 15.8. The standard InChI is InChI=1S/C23H23F3N4O3/c1-32-18-8-4-15(5-9-18)20-13-21(29-28-20)30-12-2-3-17(14-30)27-22(31)16-6-10-19(11-7-16)33-23(24,25)26/h4-11,13,17H,2-3,12,14H2,1H3,(H,27,31)(H,28,29). The third-order valence-electron chi connectivity index (χ3n) is 5.40. The van der Waals surface area contributed by atoms with Crippen LogP contribution in [0.25, 0.3) is 11.3 Å². The van der Waals surface area contributed by atoms with Gasteiger partial charge in [0.05, 0.1) is 12.8 Å². The highest BCUT2D eigenvalue weighted by molar-refractivity contribution is 5.94. The second kappa shape index (κ2) is 9.43. The third kappa shape index (κ3) is 5.76. The second-order valence-electron chi connectivity index (χ2n) is 7.70. The number of nitrogens with one attached hydrogen (secondary N) is 2. The van der Waals surface area contributed by atoms with Crippen LogP contribution in [0.1, 0.15) is 23.2 Å². The van der Waals surface area contributed by atoms with E-state index in [0.717, 1.165) is 54.3 Å². The molecule has 10 heteroatoms. The summed E-state index contributed by atoms with van der Waals surface area (Å²) in [6, 6.07) is 14.4. The lowest BCUT2D eigenvalue weighted by Gasteiger charge is -2.33. The largest absolute Gasteiger partial charge is 0.573 e. The molecular weight excluding hydrogens is 437 g/mol. The van der Waals surface area contributed by atoms with Gasteiger partial charge in [-0.15, -0.1) is 13.2 Å². The van der Waals surface area contributed by atoms with Gasteiger partial charge in [0.2, 0.25) is 0 Å². The Balaban J connectivity index is 1.36. The number of piperidine rings is 1. The minimum Gasteiger partial charge on any atom is -0.497 e. The number of rotatable bonds is 6.